The van der Waals surface area contributed by atoms with Gasteiger partial charge < -0.3 is 4.90 Å². The number of halogens is 3. The SMILES string of the molecule is CN(CCC(F)(F)F)C1=CC(=O)CC1. The van der Waals surface area contributed by atoms with Gasteiger partial charge in [-0.05, 0) is 6.42 Å². The van der Waals surface area contributed by atoms with Gasteiger partial charge in [0.1, 0.15) is 0 Å². The van der Waals surface area contributed by atoms with Crippen molar-refractivity contribution in [3.05, 3.63) is 11.8 Å². The molecule has 0 spiro atoms. The Hall–Kier alpha value is -1.00. The number of carbonyl (C=O) groups excluding carboxylic acids is 1. The maximum atomic E-state index is 11.9. The normalized spacial score (nSPS) is 17.1. The molecule has 1 rings (SSSR count). The summed E-state index contributed by atoms with van der Waals surface area (Å²) in [7, 11) is 1.58. The fourth-order valence-corrected chi connectivity index (χ4v) is 1.32. The molecule has 2 nitrogen and oxygen atoms in total. The van der Waals surface area contributed by atoms with Gasteiger partial charge in [-0.25, -0.2) is 0 Å². The maximum Gasteiger partial charge on any atom is 0.390 e. The van der Waals surface area contributed by atoms with Crippen LogP contribution in [0.1, 0.15) is 19.3 Å². The predicted octanol–water partition coefficient (Wildman–Crippen LogP) is 2.12. The number of carbonyl (C=O) groups is 1. The number of ketones is 1. The van der Waals surface area contributed by atoms with Gasteiger partial charge in [0, 0.05) is 31.8 Å². The van der Waals surface area contributed by atoms with Crippen molar-refractivity contribution in [3.8, 4) is 0 Å². The van der Waals surface area contributed by atoms with Crippen LogP contribution in [0.3, 0.4) is 0 Å². The molecule has 0 amide bonds. The predicted molar refractivity (Wildman–Crippen MR) is 45.6 cm³/mol. The minimum absolute atomic E-state index is 0.00106. The molecule has 0 atom stereocenters. The van der Waals surface area contributed by atoms with Gasteiger partial charge in [0.15, 0.2) is 5.78 Å². The molecular weight excluding hydrogens is 195 g/mol. The summed E-state index contributed by atoms with van der Waals surface area (Å²) in [4.78, 5) is 12.3. The van der Waals surface area contributed by atoms with Crippen LogP contribution in [0.25, 0.3) is 0 Å². The van der Waals surface area contributed by atoms with E-state index in [0.717, 1.165) is 0 Å². The Morgan fingerprint density at radius 1 is 1.43 bits per heavy atom. The van der Waals surface area contributed by atoms with Gasteiger partial charge in [0.25, 0.3) is 0 Å². The summed E-state index contributed by atoms with van der Waals surface area (Å²) in [5, 5.41) is 0. The van der Waals surface area contributed by atoms with E-state index in [0.29, 0.717) is 18.5 Å². The van der Waals surface area contributed by atoms with Gasteiger partial charge in [0.2, 0.25) is 0 Å². The van der Waals surface area contributed by atoms with Crippen LogP contribution in [0.5, 0.6) is 0 Å². The van der Waals surface area contributed by atoms with Crippen molar-refractivity contribution >= 4 is 5.78 Å². The van der Waals surface area contributed by atoms with Crippen LogP contribution in [0.15, 0.2) is 11.8 Å². The topological polar surface area (TPSA) is 20.3 Å². The second kappa shape index (κ2) is 4.02. The van der Waals surface area contributed by atoms with E-state index < -0.39 is 12.6 Å². The quantitative estimate of drug-likeness (QED) is 0.706. The number of alkyl halides is 3. The third-order valence-corrected chi connectivity index (χ3v) is 2.18. The number of rotatable bonds is 3. The average Bonchev–Trinajstić information content (AvgIpc) is 2.46. The Labute approximate surface area is 80.4 Å². The zero-order valence-corrected chi connectivity index (χ0v) is 7.90. The molecule has 1 aliphatic carbocycles. The standard InChI is InChI=1S/C9H12F3NO/c1-13(5-4-9(10,11)12)7-2-3-8(14)6-7/h6H,2-5H2,1H3. The molecule has 0 aromatic carbocycles. The number of hydrogen-bond donors (Lipinski definition) is 0. The highest BCUT2D eigenvalue weighted by Gasteiger charge is 2.28. The fraction of sp³-hybridized carbons (Fsp3) is 0.667. The molecule has 0 aromatic heterocycles. The number of hydrogen-bond acceptors (Lipinski definition) is 2. The smallest absolute Gasteiger partial charge is 0.377 e. The lowest BCUT2D eigenvalue weighted by molar-refractivity contribution is -0.136. The molecule has 5 heteroatoms. The highest BCUT2D eigenvalue weighted by Crippen LogP contribution is 2.23. The minimum atomic E-state index is -4.13. The summed E-state index contributed by atoms with van der Waals surface area (Å²) in [5.74, 6) is -0.00106. The van der Waals surface area contributed by atoms with Gasteiger partial charge in [-0.1, -0.05) is 0 Å². The van der Waals surface area contributed by atoms with Crippen molar-refractivity contribution < 1.29 is 18.0 Å². The molecule has 0 radical (unpaired) electrons. The molecule has 0 heterocycles. The Kier molecular flexibility index (Phi) is 3.18. The monoisotopic (exact) mass is 207 g/mol. The van der Waals surface area contributed by atoms with E-state index in [9.17, 15) is 18.0 Å². The molecule has 0 bridgehead atoms. The largest absolute Gasteiger partial charge is 0.390 e. The van der Waals surface area contributed by atoms with Gasteiger partial charge in [0.05, 0.1) is 6.42 Å². The fourth-order valence-electron chi connectivity index (χ4n) is 1.32. The van der Waals surface area contributed by atoms with E-state index in [1.54, 1.807) is 7.05 Å². The molecule has 0 unspecified atom stereocenters. The van der Waals surface area contributed by atoms with Crippen molar-refractivity contribution in [3.63, 3.8) is 0 Å². The van der Waals surface area contributed by atoms with E-state index in [-0.39, 0.29) is 12.3 Å². The van der Waals surface area contributed by atoms with Crippen LogP contribution in [0, 0.1) is 0 Å². The minimum Gasteiger partial charge on any atom is -0.377 e. The zero-order chi connectivity index (χ0) is 10.8. The molecule has 0 saturated carbocycles. The molecule has 80 valence electrons. The summed E-state index contributed by atoms with van der Waals surface area (Å²) in [6.45, 7) is -0.0807. The van der Waals surface area contributed by atoms with Crippen LogP contribution < -0.4 is 0 Å². The highest BCUT2D eigenvalue weighted by molar-refractivity contribution is 5.92. The Morgan fingerprint density at radius 2 is 2.07 bits per heavy atom. The number of nitrogens with zero attached hydrogens (tertiary/aromatic N) is 1. The van der Waals surface area contributed by atoms with E-state index in [1.807, 2.05) is 0 Å². The molecule has 1 aliphatic rings. The lowest BCUT2D eigenvalue weighted by Gasteiger charge is -2.20. The van der Waals surface area contributed by atoms with Gasteiger partial charge in [-0.15, -0.1) is 0 Å². The number of allylic oxidation sites excluding steroid dienone is 2. The van der Waals surface area contributed by atoms with Crippen molar-refractivity contribution in [1.29, 1.82) is 0 Å². The lowest BCUT2D eigenvalue weighted by Crippen LogP contribution is -2.23. The van der Waals surface area contributed by atoms with Crippen molar-refractivity contribution in [2.24, 2.45) is 0 Å². The zero-order valence-electron chi connectivity index (χ0n) is 7.90. The first-order valence-electron chi connectivity index (χ1n) is 4.40. The van der Waals surface area contributed by atoms with Gasteiger partial charge >= 0.3 is 6.18 Å². The summed E-state index contributed by atoms with van der Waals surface area (Å²) < 4.78 is 35.6. The molecule has 0 aliphatic heterocycles. The van der Waals surface area contributed by atoms with E-state index in [1.165, 1.54) is 11.0 Å². The van der Waals surface area contributed by atoms with E-state index in [4.69, 9.17) is 0 Å². The third-order valence-electron chi connectivity index (χ3n) is 2.18. The second-order valence-electron chi connectivity index (χ2n) is 3.39. The molecule has 0 aromatic rings. The van der Waals surface area contributed by atoms with Crippen molar-refractivity contribution in [2.45, 2.75) is 25.4 Å². The van der Waals surface area contributed by atoms with Gasteiger partial charge in [-0.3, -0.25) is 4.79 Å². The van der Waals surface area contributed by atoms with Crippen LogP contribution in [0.2, 0.25) is 0 Å². The molecule has 0 fully saturated rings. The lowest BCUT2D eigenvalue weighted by atomic mass is 10.3. The van der Waals surface area contributed by atoms with Crippen LogP contribution in [0.4, 0.5) is 13.2 Å². The average molecular weight is 207 g/mol. The first-order chi connectivity index (χ1) is 6.38. The first-order valence-corrected chi connectivity index (χ1v) is 4.40. The second-order valence-corrected chi connectivity index (χ2v) is 3.39. The maximum absolute atomic E-state index is 11.9. The van der Waals surface area contributed by atoms with Crippen LogP contribution in [-0.2, 0) is 4.79 Å². The molecule has 0 saturated heterocycles. The third kappa shape index (κ3) is 3.40. The van der Waals surface area contributed by atoms with E-state index in [2.05, 4.69) is 0 Å². The van der Waals surface area contributed by atoms with Crippen LogP contribution >= 0.6 is 0 Å². The molecule has 14 heavy (non-hydrogen) atoms. The first kappa shape index (κ1) is 11.1. The molecular formula is C9H12F3NO. The van der Waals surface area contributed by atoms with E-state index >= 15 is 0 Å². The Balaban J connectivity index is 2.39. The Morgan fingerprint density at radius 3 is 2.50 bits per heavy atom. The molecule has 0 N–H and O–H groups in total. The highest BCUT2D eigenvalue weighted by atomic mass is 19.4. The summed E-state index contributed by atoms with van der Waals surface area (Å²) in [5.41, 5.74) is 0.708. The Bertz CT molecular complexity index is 257. The van der Waals surface area contributed by atoms with Crippen molar-refractivity contribution in [1.82, 2.24) is 4.90 Å². The summed E-state index contributed by atoms with van der Waals surface area (Å²) >= 11 is 0. The van der Waals surface area contributed by atoms with Crippen molar-refractivity contribution in [2.75, 3.05) is 13.6 Å². The summed E-state index contributed by atoms with van der Waals surface area (Å²) in [6.07, 6.45) is -2.55. The van der Waals surface area contributed by atoms with Gasteiger partial charge in [-0.2, -0.15) is 13.2 Å². The van der Waals surface area contributed by atoms with Crippen LogP contribution in [-0.4, -0.2) is 30.5 Å². The summed E-state index contributed by atoms with van der Waals surface area (Å²) in [6, 6.07) is 0.